The van der Waals surface area contributed by atoms with Gasteiger partial charge in [0.1, 0.15) is 6.61 Å². The molecule has 0 aromatic carbocycles. The minimum atomic E-state index is -0.395. The van der Waals surface area contributed by atoms with Gasteiger partial charge in [-0.15, -0.1) is 0 Å². The molecule has 0 aromatic rings. The Balaban J connectivity index is 1.98. The van der Waals surface area contributed by atoms with Crippen LogP contribution in [-0.4, -0.2) is 30.5 Å². The largest absolute Gasteiger partial charge is 0.447 e. The number of alkyl carbamates (subject to hydrolysis) is 1. The minimum absolute atomic E-state index is 0.0715. The number of carbonyl (C=O) groups is 1. The van der Waals surface area contributed by atoms with Crippen LogP contribution in [0.3, 0.4) is 0 Å². The maximum atomic E-state index is 11.5. The van der Waals surface area contributed by atoms with Gasteiger partial charge in [-0.25, -0.2) is 4.79 Å². The van der Waals surface area contributed by atoms with Gasteiger partial charge in [0.15, 0.2) is 0 Å². The Morgan fingerprint density at radius 1 is 1.47 bits per heavy atom. The lowest BCUT2D eigenvalue weighted by atomic mass is 9.69. The van der Waals surface area contributed by atoms with Crippen molar-refractivity contribution in [1.29, 1.82) is 0 Å². The van der Waals surface area contributed by atoms with E-state index in [0.29, 0.717) is 11.3 Å². The summed E-state index contributed by atoms with van der Waals surface area (Å²) in [7, 11) is 0. The monoisotopic (exact) mass is 241 g/mol. The number of hydrogen-bond acceptors (Lipinski definition) is 3. The molecule has 0 aromatic heterocycles. The first-order valence-electron chi connectivity index (χ1n) is 6.46. The molecule has 4 heteroatoms. The van der Waals surface area contributed by atoms with Crippen molar-refractivity contribution in [2.45, 2.75) is 46.1 Å². The molecule has 2 rings (SSSR count). The number of carbonyl (C=O) groups excluding carboxylic acids is 1. The molecule has 0 spiro atoms. The van der Waals surface area contributed by atoms with Crippen molar-refractivity contribution < 1.29 is 14.6 Å². The van der Waals surface area contributed by atoms with E-state index in [9.17, 15) is 4.79 Å². The van der Waals surface area contributed by atoms with Gasteiger partial charge in [0.05, 0.1) is 6.61 Å². The maximum absolute atomic E-state index is 11.5. The second-order valence-electron chi connectivity index (χ2n) is 6.17. The molecule has 2 aliphatic rings. The molecule has 4 nitrogen and oxygen atoms in total. The zero-order valence-corrected chi connectivity index (χ0v) is 11.0. The number of nitrogens with one attached hydrogen (secondary N) is 1. The molecule has 0 aliphatic heterocycles. The Labute approximate surface area is 103 Å². The van der Waals surface area contributed by atoms with Gasteiger partial charge in [-0.1, -0.05) is 20.8 Å². The lowest BCUT2D eigenvalue weighted by Gasteiger charge is -2.39. The summed E-state index contributed by atoms with van der Waals surface area (Å²) in [6, 6.07) is 0.211. The summed E-state index contributed by atoms with van der Waals surface area (Å²) in [5.74, 6) is 0.704. The number of aliphatic hydroxyl groups excluding tert-OH is 1. The lowest BCUT2D eigenvalue weighted by molar-refractivity contribution is 0.0919. The van der Waals surface area contributed by atoms with Gasteiger partial charge >= 0.3 is 6.09 Å². The minimum Gasteiger partial charge on any atom is -0.447 e. The van der Waals surface area contributed by atoms with Gasteiger partial charge in [0.2, 0.25) is 0 Å². The third-order valence-electron chi connectivity index (χ3n) is 5.41. The first-order chi connectivity index (χ1) is 7.91. The molecule has 0 heterocycles. The summed E-state index contributed by atoms with van der Waals surface area (Å²) in [5.41, 5.74) is 0.470. The van der Waals surface area contributed by atoms with Crippen LogP contribution in [0.1, 0.15) is 40.0 Å². The van der Waals surface area contributed by atoms with Gasteiger partial charge in [-0.2, -0.15) is 0 Å². The van der Waals surface area contributed by atoms with Crippen LogP contribution in [0, 0.1) is 16.7 Å². The van der Waals surface area contributed by atoms with Crippen LogP contribution < -0.4 is 5.32 Å². The molecule has 2 bridgehead atoms. The van der Waals surface area contributed by atoms with Gasteiger partial charge in [-0.05, 0) is 36.0 Å². The van der Waals surface area contributed by atoms with Crippen molar-refractivity contribution in [2.24, 2.45) is 16.7 Å². The summed E-state index contributed by atoms with van der Waals surface area (Å²) in [4.78, 5) is 11.5. The number of hydrogen-bond donors (Lipinski definition) is 2. The van der Waals surface area contributed by atoms with Crippen molar-refractivity contribution in [1.82, 2.24) is 5.32 Å². The zero-order valence-electron chi connectivity index (χ0n) is 11.0. The molecule has 2 aliphatic carbocycles. The first kappa shape index (κ1) is 12.7. The van der Waals surface area contributed by atoms with E-state index in [4.69, 9.17) is 9.84 Å². The molecule has 2 saturated carbocycles. The fourth-order valence-electron chi connectivity index (χ4n) is 3.74. The quantitative estimate of drug-likeness (QED) is 0.793. The Kier molecular flexibility index (Phi) is 3.10. The SMILES string of the molecule is CC1(C)C2CCC1(C)C(NC(=O)OCCO)C2. The maximum Gasteiger partial charge on any atom is 0.407 e. The number of ether oxygens (including phenoxy) is 1. The van der Waals surface area contributed by atoms with E-state index in [2.05, 4.69) is 26.1 Å². The topological polar surface area (TPSA) is 58.6 Å². The predicted molar refractivity (Wildman–Crippen MR) is 64.6 cm³/mol. The van der Waals surface area contributed by atoms with Crippen LogP contribution in [0.15, 0.2) is 0 Å². The fourth-order valence-corrected chi connectivity index (χ4v) is 3.74. The Morgan fingerprint density at radius 3 is 2.65 bits per heavy atom. The summed E-state index contributed by atoms with van der Waals surface area (Å²) < 4.78 is 4.87. The molecule has 2 N–H and O–H groups in total. The Morgan fingerprint density at radius 2 is 2.18 bits per heavy atom. The highest BCUT2D eigenvalue weighted by Crippen LogP contribution is 2.65. The average Bonchev–Trinajstić information content (AvgIpc) is 2.59. The van der Waals surface area contributed by atoms with Crippen LogP contribution in [0.4, 0.5) is 4.79 Å². The summed E-state index contributed by atoms with van der Waals surface area (Å²) >= 11 is 0. The molecule has 1 amide bonds. The molecule has 3 atom stereocenters. The van der Waals surface area contributed by atoms with Crippen LogP contribution in [0.2, 0.25) is 0 Å². The Bertz CT molecular complexity index is 316. The van der Waals surface area contributed by atoms with E-state index in [-0.39, 0.29) is 24.7 Å². The Hall–Kier alpha value is -0.770. The van der Waals surface area contributed by atoms with Crippen molar-refractivity contribution >= 4 is 6.09 Å². The first-order valence-corrected chi connectivity index (χ1v) is 6.46. The molecule has 0 saturated heterocycles. The van der Waals surface area contributed by atoms with Crippen molar-refractivity contribution in [3.05, 3.63) is 0 Å². The highest BCUT2D eigenvalue weighted by atomic mass is 16.6. The van der Waals surface area contributed by atoms with E-state index < -0.39 is 6.09 Å². The standard InChI is InChI=1S/C13H23NO3/c1-12(2)9-4-5-13(12,3)10(8-9)14-11(16)17-7-6-15/h9-10,15H,4-8H2,1-3H3,(H,14,16). The summed E-state index contributed by atoms with van der Waals surface area (Å²) in [6.45, 7) is 6.85. The van der Waals surface area contributed by atoms with Crippen molar-refractivity contribution in [2.75, 3.05) is 13.2 Å². The van der Waals surface area contributed by atoms with E-state index >= 15 is 0 Å². The van der Waals surface area contributed by atoms with E-state index in [1.54, 1.807) is 0 Å². The third-order valence-corrected chi connectivity index (χ3v) is 5.41. The van der Waals surface area contributed by atoms with E-state index in [1.807, 2.05) is 0 Å². The van der Waals surface area contributed by atoms with Crippen LogP contribution >= 0.6 is 0 Å². The third kappa shape index (κ3) is 1.82. The number of fused-ring (bicyclic) bond motifs is 2. The lowest BCUT2D eigenvalue weighted by Crippen LogP contribution is -2.47. The van der Waals surface area contributed by atoms with Crippen LogP contribution in [-0.2, 0) is 4.74 Å². The van der Waals surface area contributed by atoms with Gasteiger partial charge < -0.3 is 15.2 Å². The number of rotatable bonds is 3. The predicted octanol–water partition coefficient (Wildman–Crippen LogP) is 1.92. The molecule has 3 unspecified atom stereocenters. The molecule has 2 fully saturated rings. The van der Waals surface area contributed by atoms with E-state index in [0.717, 1.165) is 6.42 Å². The molecular weight excluding hydrogens is 218 g/mol. The zero-order chi connectivity index (χ0) is 12.7. The summed E-state index contributed by atoms with van der Waals surface area (Å²) in [5, 5.41) is 11.6. The number of aliphatic hydroxyl groups is 1. The normalized spacial score (nSPS) is 38.1. The van der Waals surface area contributed by atoms with Crippen LogP contribution in [0.25, 0.3) is 0 Å². The fraction of sp³-hybridized carbons (Fsp3) is 0.923. The second-order valence-corrected chi connectivity index (χ2v) is 6.17. The van der Waals surface area contributed by atoms with E-state index in [1.165, 1.54) is 12.8 Å². The van der Waals surface area contributed by atoms with Gasteiger partial charge in [0, 0.05) is 6.04 Å². The highest BCUT2D eigenvalue weighted by Gasteiger charge is 2.61. The average molecular weight is 241 g/mol. The van der Waals surface area contributed by atoms with Crippen molar-refractivity contribution in [3.8, 4) is 0 Å². The summed E-state index contributed by atoms with van der Waals surface area (Å²) in [6.07, 6.45) is 3.11. The molecular formula is C13H23NO3. The van der Waals surface area contributed by atoms with Gasteiger partial charge in [0.25, 0.3) is 0 Å². The molecule has 0 radical (unpaired) electrons. The number of amides is 1. The second kappa shape index (κ2) is 4.16. The smallest absolute Gasteiger partial charge is 0.407 e. The van der Waals surface area contributed by atoms with Crippen molar-refractivity contribution in [3.63, 3.8) is 0 Å². The molecule has 17 heavy (non-hydrogen) atoms. The van der Waals surface area contributed by atoms with Crippen LogP contribution in [0.5, 0.6) is 0 Å². The highest BCUT2D eigenvalue weighted by molar-refractivity contribution is 5.67. The molecule has 98 valence electrons. The van der Waals surface area contributed by atoms with Gasteiger partial charge in [-0.3, -0.25) is 0 Å².